The fourth-order valence-corrected chi connectivity index (χ4v) is 2.79. The van der Waals surface area contributed by atoms with Crippen LogP contribution in [0.2, 0.25) is 0 Å². The lowest BCUT2D eigenvalue weighted by molar-refractivity contribution is 0.580. The Morgan fingerprint density at radius 3 is 2.60 bits per heavy atom. The largest absolute Gasteiger partial charge is 0.347 e. The molecular weight excluding hydrogens is 276 g/mol. The highest BCUT2D eigenvalue weighted by molar-refractivity contribution is 7.89. The van der Waals surface area contributed by atoms with E-state index < -0.39 is 10.0 Å². The number of nitrogens with one attached hydrogen (secondary N) is 2. The Balaban J connectivity index is 2.01. The number of aromatic amines is 1. The van der Waals surface area contributed by atoms with E-state index in [2.05, 4.69) is 14.7 Å². The van der Waals surface area contributed by atoms with Gasteiger partial charge in [0, 0.05) is 11.9 Å². The molecule has 0 aliphatic carbocycles. The lowest BCUT2D eigenvalue weighted by Crippen LogP contribution is -2.23. The highest BCUT2D eigenvalue weighted by Gasteiger charge is 2.13. The molecule has 0 aliphatic heterocycles. The number of nitrogens with zero attached hydrogens (tertiary/aromatic N) is 1. The third kappa shape index (κ3) is 3.89. The van der Waals surface area contributed by atoms with Gasteiger partial charge >= 0.3 is 0 Å². The van der Waals surface area contributed by atoms with Crippen LogP contribution in [0, 0.1) is 0 Å². The topological polar surface area (TPSA) is 101 Å². The van der Waals surface area contributed by atoms with Crippen molar-refractivity contribution in [3.63, 3.8) is 0 Å². The van der Waals surface area contributed by atoms with Crippen LogP contribution in [0.4, 0.5) is 0 Å². The van der Waals surface area contributed by atoms with E-state index in [0.29, 0.717) is 12.2 Å². The molecule has 7 heteroatoms. The maximum Gasteiger partial charge on any atom is 0.240 e. The van der Waals surface area contributed by atoms with Crippen molar-refractivity contribution in [1.29, 1.82) is 0 Å². The Morgan fingerprint density at radius 2 is 2.00 bits per heavy atom. The molecule has 1 heterocycles. The molecular formula is C13H18N4O2S. The summed E-state index contributed by atoms with van der Waals surface area (Å²) in [7, 11) is -3.50. The molecule has 108 valence electrons. The van der Waals surface area contributed by atoms with E-state index in [1.165, 1.54) is 6.33 Å². The van der Waals surface area contributed by atoms with Gasteiger partial charge < -0.3 is 10.7 Å². The molecule has 0 radical (unpaired) electrons. The smallest absolute Gasteiger partial charge is 0.240 e. The summed E-state index contributed by atoms with van der Waals surface area (Å²) >= 11 is 0. The molecule has 0 amide bonds. The van der Waals surface area contributed by atoms with Crippen molar-refractivity contribution in [3.8, 4) is 0 Å². The van der Waals surface area contributed by atoms with Gasteiger partial charge in [-0.25, -0.2) is 18.1 Å². The molecule has 6 nitrogen and oxygen atoms in total. The molecule has 0 spiro atoms. The average molecular weight is 294 g/mol. The van der Waals surface area contributed by atoms with Gasteiger partial charge in [-0.1, -0.05) is 12.1 Å². The van der Waals surface area contributed by atoms with E-state index in [1.54, 1.807) is 18.3 Å². The van der Waals surface area contributed by atoms with Gasteiger partial charge in [-0.3, -0.25) is 0 Å². The summed E-state index contributed by atoms with van der Waals surface area (Å²) in [5, 5.41) is 0. The fourth-order valence-electron chi connectivity index (χ4n) is 1.78. The van der Waals surface area contributed by atoms with Crippen LogP contribution in [-0.2, 0) is 23.0 Å². The minimum atomic E-state index is -3.50. The maximum atomic E-state index is 12.1. The van der Waals surface area contributed by atoms with E-state index >= 15 is 0 Å². The van der Waals surface area contributed by atoms with Crippen LogP contribution in [0.15, 0.2) is 41.7 Å². The zero-order valence-corrected chi connectivity index (χ0v) is 11.9. The zero-order chi connectivity index (χ0) is 14.4. The Labute approximate surface area is 118 Å². The molecule has 1 aromatic carbocycles. The first-order valence-electron chi connectivity index (χ1n) is 6.38. The van der Waals surface area contributed by atoms with Crippen molar-refractivity contribution in [2.75, 3.05) is 6.54 Å². The second kappa shape index (κ2) is 6.65. The van der Waals surface area contributed by atoms with Gasteiger partial charge in [0.1, 0.15) is 0 Å². The second-order valence-corrected chi connectivity index (χ2v) is 6.20. The van der Waals surface area contributed by atoms with E-state index in [0.717, 1.165) is 18.4 Å². The lowest BCUT2D eigenvalue weighted by Gasteiger charge is -2.07. The van der Waals surface area contributed by atoms with E-state index in [-0.39, 0.29) is 11.4 Å². The zero-order valence-electron chi connectivity index (χ0n) is 11.0. The molecule has 4 N–H and O–H groups in total. The van der Waals surface area contributed by atoms with Gasteiger partial charge in [0.25, 0.3) is 0 Å². The molecule has 20 heavy (non-hydrogen) atoms. The SMILES string of the molecule is NCCCc1ccc(S(=O)(=O)NCc2cnc[nH]2)cc1. The average Bonchev–Trinajstić information content (AvgIpc) is 2.97. The predicted octanol–water partition coefficient (Wildman–Crippen LogP) is 0.779. The van der Waals surface area contributed by atoms with Crippen molar-refractivity contribution in [3.05, 3.63) is 48.0 Å². The quantitative estimate of drug-likeness (QED) is 0.702. The fraction of sp³-hybridized carbons (Fsp3) is 0.308. The molecule has 0 saturated carbocycles. The number of hydrogen-bond acceptors (Lipinski definition) is 4. The second-order valence-electron chi connectivity index (χ2n) is 4.44. The molecule has 0 saturated heterocycles. The van der Waals surface area contributed by atoms with E-state index in [9.17, 15) is 8.42 Å². The summed E-state index contributed by atoms with van der Waals surface area (Å²) in [5.41, 5.74) is 7.25. The molecule has 2 rings (SSSR count). The standard InChI is InChI=1S/C13H18N4O2S/c14-7-1-2-11-3-5-13(6-4-11)20(18,19)17-9-12-8-15-10-16-12/h3-6,8,10,17H,1-2,7,9,14H2,(H,15,16). The first-order valence-corrected chi connectivity index (χ1v) is 7.86. The predicted molar refractivity (Wildman–Crippen MR) is 76.4 cm³/mol. The number of benzene rings is 1. The van der Waals surface area contributed by atoms with Crippen molar-refractivity contribution in [1.82, 2.24) is 14.7 Å². The van der Waals surface area contributed by atoms with E-state index in [4.69, 9.17) is 5.73 Å². The van der Waals surface area contributed by atoms with Gasteiger partial charge in [-0.05, 0) is 37.1 Å². The normalized spacial score (nSPS) is 11.7. The Kier molecular flexibility index (Phi) is 4.89. The number of hydrogen-bond donors (Lipinski definition) is 3. The molecule has 0 fully saturated rings. The highest BCUT2D eigenvalue weighted by atomic mass is 32.2. The third-order valence-corrected chi connectivity index (χ3v) is 4.33. The molecule has 1 aromatic heterocycles. The van der Waals surface area contributed by atoms with Crippen LogP contribution in [0.1, 0.15) is 17.7 Å². The number of aromatic nitrogens is 2. The Hall–Kier alpha value is -1.70. The Bertz CT molecular complexity index is 621. The summed E-state index contributed by atoms with van der Waals surface area (Å²) in [6.45, 7) is 0.822. The number of H-pyrrole nitrogens is 1. The van der Waals surface area contributed by atoms with Gasteiger partial charge in [-0.2, -0.15) is 0 Å². The van der Waals surface area contributed by atoms with Crippen molar-refractivity contribution in [2.24, 2.45) is 5.73 Å². The van der Waals surface area contributed by atoms with Crippen LogP contribution in [0.3, 0.4) is 0 Å². The van der Waals surface area contributed by atoms with E-state index in [1.807, 2.05) is 12.1 Å². The summed E-state index contributed by atoms with van der Waals surface area (Å²) < 4.78 is 26.7. The van der Waals surface area contributed by atoms with Gasteiger partial charge in [0.2, 0.25) is 10.0 Å². The first-order chi connectivity index (χ1) is 9.62. The minimum absolute atomic E-state index is 0.192. The van der Waals surface area contributed by atoms with Gasteiger partial charge in [-0.15, -0.1) is 0 Å². The van der Waals surface area contributed by atoms with Crippen LogP contribution < -0.4 is 10.5 Å². The van der Waals surface area contributed by atoms with Crippen LogP contribution in [-0.4, -0.2) is 24.9 Å². The molecule has 0 unspecified atom stereocenters. The molecule has 0 aliphatic rings. The van der Waals surface area contributed by atoms with Crippen molar-refractivity contribution >= 4 is 10.0 Å². The van der Waals surface area contributed by atoms with Gasteiger partial charge in [0.15, 0.2) is 0 Å². The summed E-state index contributed by atoms with van der Waals surface area (Å²) in [6.07, 6.45) is 4.84. The molecule has 2 aromatic rings. The number of sulfonamides is 1. The maximum absolute atomic E-state index is 12.1. The van der Waals surface area contributed by atoms with Crippen LogP contribution in [0.5, 0.6) is 0 Å². The summed E-state index contributed by atoms with van der Waals surface area (Å²) in [4.78, 5) is 6.94. The van der Waals surface area contributed by atoms with Crippen LogP contribution in [0.25, 0.3) is 0 Å². The summed E-state index contributed by atoms with van der Waals surface area (Å²) in [5.74, 6) is 0. The molecule has 0 atom stereocenters. The Morgan fingerprint density at radius 1 is 1.25 bits per heavy atom. The van der Waals surface area contributed by atoms with Crippen LogP contribution >= 0.6 is 0 Å². The minimum Gasteiger partial charge on any atom is -0.347 e. The number of nitrogens with two attached hydrogens (primary N) is 1. The number of aryl methyl sites for hydroxylation is 1. The number of rotatable bonds is 7. The third-order valence-electron chi connectivity index (χ3n) is 2.91. The summed E-state index contributed by atoms with van der Waals surface area (Å²) in [6, 6.07) is 6.86. The van der Waals surface area contributed by atoms with Crippen molar-refractivity contribution in [2.45, 2.75) is 24.3 Å². The highest BCUT2D eigenvalue weighted by Crippen LogP contribution is 2.12. The van der Waals surface area contributed by atoms with Gasteiger partial charge in [0.05, 0.1) is 17.8 Å². The lowest BCUT2D eigenvalue weighted by atomic mass is 10.1. The molecule has 0 bridgehead atoms. The monoisotopic (exact) mass is 294 g/mol. The number of imidazole rings is 1. The van der Waals surface area contributed by atoms with Crippen molar-refractivity contribution < 1.29 is 8.42 Å². The first kappa shape index (κ1) is 14.7.